The molecule has 1 aliphatic heterocycles. The predicted octanol–water partition coefficient (Wildman–Crippen LogP) is 3.07. The monoisotopic (exact) mass is 373 g/mol. The summed E-state index contributed by atoms with van der Waals surface area (Å²) in [5.74, 6) is 1.77. The summed E-state index contributed by atoms with van der Waals surface area (Å²) >= 11 is 1.65. The summed E-state index contributed by atoms with van der Waals surface area (Å²) in [6.45, 7) is 2.74. The molecule has 1 aliphatic rings. The van der Waals surface area contributed by atoms with Crippen molar-refractivity contribution < 1.29 is 13.8 Å². The van der Waals surface area contributed by atoms with Gasteiger partial charge in [0.15, 0.2) is 5.82 Å². The summed E-state index contributed by atoms with van der Waals surface area (Å²) < 4.78 is 10.4. The van der Waals surface area contributed by atoms with Gasteiger partial charge in [0.05, 0.1) is 12.6 Å². The van der Waals surface area contributed by atoms with Crippen LogP contribution in [0.5, 0.6) is 0 Å². The molecular weight excluding hydrogens is 354 g/mol. The van der Waals surface area contributed by atoms with Crippen molar-refractivity contribution in [2.45, 2.75) is 38.8 Å². The van der Waals surface area contributed by atoms with Crippen LogP contribution in [0.4, 0.5) is 4.79 Å². The van der Waals surface area contributed by atoms with Gasteiger partial charge in [0.1, 0.15) is 11.5 Å². The first-order valence-electron chi connectivity index (χ1n) is 8.50. The van der Waals surface area contributed by atoms with Crippen molar-refractivity contribution in [3.05, 3.63) is 51.6 Å². The molecule has 3 aromatic heterocycles. The quantitative estimate of drug-likeness (QED) is 0.738. The first-order valence-corrected chi connectivity index (χ1v) is 9.38. The van der Waals surface area contributed by atoms with Crippen LogP contribution in [0, 0.1) is 6.92 Å². The number of rotatable bonds is 5. The fourth-order valence-corrected chi connectivity index (χ4v) is 3.82. The van der Waals surface area contributed by atoms with Crippen LogP contribution >= 0.6 is 11.3 Å². The van der Waals surface area contributed by atoms with Crippen molar-refractivity contribution in [2.24, 2.45) is 0 Å². The van der Waals surface area contributed by atoms with E-state index in [2.05, 4.69) is 20.6 Å². The van der Waals surface area contributed by atoms with Gasteiger partial charge in [-0.2, -0.15) is 4.98 Å². The van der Waals surface area contributed by atoms with E-state index < -0.39 is 0 Å². The Labute approximate surface area is 154 Å². The maximum atomic E-state index is 12.5. The van der Waals surface area contributed by atoms with Gasteiger partial charge in [-0.05, 0) is 31.2 Å². The molecule has 1 unspecified atom stereocenters. The molecule has 3 aromatic rings. The van der Waals surface area contributed by atoms with Crippen molar-refractivity contribution >= 4 is 17.4 Å². The number of nitrogens with zero attached hydrogens (tertiary/aromatic N) is 4. The maximum absolute atomic E-state index is 12.5. The number of nitrogens with one attached hydrogen (secondary N) is 1. The van der Waals surface area contributed by atoms with Gasteiger partial charge in [-0.3, -0.25) is 0 Å². The average molecular weight is 373 g/mol. The fourth-order valence-electron chi connectivity index (χ4n) is 3.12. The van der Waals surface area contributed by atoms with Crippen LogP contribution in [-0.2, 0) is 13.0 Å². The van der Waals surface area contributed by atoms with Crippen LogP contribution < -0.4 is 5.32 Å². The first kappa shape index (κ1) is 16.8. The Hall–Kier alpha value is -2.68. The molecule has 9 heteroatoms. The third-order valence-corrected chi connectivity index (χ3v) is 5.19. The lowest BCUT2D eigenvalue weighted by Gasteiger charge is -2.22. The molecule has 0 aromatic carbocycles. The molecule has 136 valence electrons. The largest absolute Gasteiger partial charge is 0.361 e. The summed E-state index contributed by atoms with van der Waals surface area (Å²) in [5.41, 5.74) is 0.797. The lowest BCUT2D eigenvalue weighted by molar-refractivity contribution is 0.188. The van der Waals surface area contributed by atoms with E-state index in [1.54, 1.807) is 16.2 Å². The number of carbonyl (C=O) groups excluding carboxylic acids is 1. The van der Waals surface area contributed by atoms with Crippen LogP contribution in [0.3, 0.4) is 0 Å². The van der Waals surface area contributed by atoms with Crippen LogP contribution in [0.25, 0.3) is 0 Å². The molecule has 1 N–H and O–H groups in total. The normalized spacial score (nSPS) is 17.0. The number of thiophene rings is 1. The minimum Gasteiger partial charge on any atom is -0.361 e. The Balaban J connectivity index is 1.34. The molecule has 0 radical (unpaired) electrons. The second kappa shape index (κ2) is 7.28. The number of aromatic nitrogens is 3. The van der Waals surface area contributed by atoms with E-state index in [0.717, 1.165) is 24.3 Å². The third kappa shape index (κ3) is 3.62. The maximum Gasteiger partial charge on any atom is 0.318 e. The SMILES string of the molecule is Cc1cc(C2CCCN2C(=O)NCc2nc(Cc3cccs3)no2)no1. The summed E-state index contributed by atoms with van der Waals surface area (Å²) in [6, 6.07) is 5.69. The van der Waals surface area contributed by atoms with Gasteiger partial charge >= 0.3 is 6.03 Å². The van der Waals surface area contributed by atoms with E-state index in [1.807, 2.05) is 30.5 Å². The first-order chi connectivity index (χ1) is 12.7. The lowest BCUT2D eigenvalue weighted by Crippen LogP contribution is -2.39. The third-order valence-electron chi connectivity index (χ3n) is 4.31. The van der Waals surface area contributed by atoms with E-state index in [4.69, 9.17) is 9.05 Å². The summed E-state index contributed by atoms with van der Waals surface area (Å²) in [5, 5.41) is 12.9. The van der Waals surface area contributed by atoms with Gasteiger partial charge in [0.25, 0.3) is 0 Å². The molecule has 1 atom stereocenters. The van der Waals surface area contributed by atoms with Gasteiger partial charge in [-0.15, -0.1) is 11.3 Å². The second-order valence-corrected chi connectivity index (χ2v) is 7.27. The zero-order chi connectivity index (χ0) is 17.9. The molecular formula is C17H19N5O3S. The molecule has 1 fully saturated rings. The van der Waals surface area contributed by atoms with Crippen LogP contribution in [0.1, 0.15) is 46.9 Å². The number of carbonyl (C=O) groups is 1. The van der Waals surface area contributed by atoms with E-state index in [9.17, 15) is 4.79 Å². The van der Waals surface area contributed by atoms with Gasteiger partial charge in [0.2, 0.25) is 5.89 Å². The Bertz CT molecular complexity index is 873. The minimum absolute atomic E-state index is 0.0514. The number of hydrogen-bond donors (Lipinski definition) is 1. The highest BCUT2D eigenvalue weighted by molar-refractivity contribution is 7.09. The van der Waals surface area contributed by atoms with Crippen molar-refractivity contribution in [1.29, 1.82) is 0 Å². The number of likely N-dealkylation sites (tertiary alicyclic amines) is 1. The molecule has 8 nitrogen and oxygen atoms in total. The Morgan fingerprint density at radius 3 is 3.12 bits per heavy atom. The van der Waals surface area contributed by atoms with Crippen molar-refractivity contribution in [1.82, 2.24) is 25.5 Å². The standard InChI is InChI=1S/C17H19N5O3S/c1-11-8-13(20-24-11)14-5-2-6-22(14)17(23)18-10-16-19-15(21-25-16)9-12-4-3-7-26-12/h3-4,7-8,14H,2,5-6,9-10H2,1H3,(H,18,23). The van der Waals surface area contributed by atoms with Crippen LogP contribution in [0.2, 0.25) is 0 Å². The minimum atomic E-state index is -0.161. The predicted molar refractivity (Wildman–Crippen MR) is 93.6 cm³/mol. The van der Waals surface area contributed by atoms with Crippen LogP contribution in [-0.4, -0.2) is 32.8 Å². The Morgan fingerprint density at radius 1 is 1.42 bits per heavy atom. The van der Waals surface area contributed by atoms with E-state index in [-0.39, 0.29) is 18.6 Å². The highest BCUT2D eigenvalue weighted by Gasteiger charge is 2.32. The highest BCUT2D eigenvalue weighted by atomic mass is 32.1. The van der Waals surface area contributed by atoms with Crippen molar-refractivity contribution in [3.63, 3.8) is 0 Å². The summed E-state index contributed by atoms with van der Waals surface area (Å²) in [7, 11) is 0. The summed E-state index contributed by atoms with van der Waals surface area (Å²) in [4.78, 5) is 19.8. The molecule has 0 aliphatic carbocycles. The second-order valence-electron chi connectivity index (χ2n) is 6.23. The number of aryl methyl sites for hydroxylation is 1. The molecule has 0 saturated carbocycles. The number of hydrogen-bond acceptors (Lipinski definition) is 7. The van der Waals surface area contributed by atoms with Gasteiger partial charge in [-0.25, -0.2) is 4.79 Å². The molecule has 0 spiro atoms. The van der Waals surface area contributed by atoms with Gasteiger partial charge < -0.3 is 19.3 Å². The van der Waals surface area contributed by atoms with Crippen molar-refractivity contribution in [2.75, 3.05) is 6.54 Å². The van der Waals surface area contributed by atoms with Crippen LogP contribution in [0.15, 0.2) is 32.6 Å². The lowest BCUT2D eigenvalue weighted by atomic mass is 10.1. The van der Waals surface area contributed by atoms with Gasteiger partial charge in [0, 0.05) is 23.9 Å². The number of amides is 2. The summed E-state index contributed by atoms with van der Waals surface area (Å²) in [6.07, 6.45) is 2.45. The highest BCUT2D eigenvalue weighted by Crippen LogP contribution is 2.31. The van der Waals surface area contributed by atoms with Gasteiger partial charge in [-0.1, -0.05) is 16.4 Å². The topological polar surface area (TPSA) is 97.3 Å². The average Bonchev–Trinajstić information content (AvgIpc) is 3.41. The zero-order valence-corrected chi connectivity index (χ0v) is 15.2. The molecule has 0 bridgehead atoms. The number of urea groups is 1. The molecule has 1 saturated heterocycles. The Kier molecular flexibility index (Phi) is 4.70. The van der Waals surface area contributed by atoms with E-state index >= 15 is 0 Å². The molecule has 4 heterocycles. The molecule has 2 amide bonds. The molecule has 4 rings (SSSR count). The molecule has 26 heavy (non-hydrogen) atoms. The smallest absolute Gasteiger partial charge is 0.318 e. The van der Waals surface area contributed by atoms with Crippen molar-refractivity contribution in [3.8, 4) is 0 Å². The van der Waals surface area contributed by atoms with E-state index in [1.165, 1.54) is 4.88 Å². The van der Waals surface area contributed by atoms with E-state index in [0.29, 0.717) is 24.7 Å². The fraction of sp³-hybridized carbons (Fsp3) is 0.412. The Morgan fingerprint density at radius 2 is 2.35 bits per heavy atom. The zero-order valence-electron chi connectivity index (χ0n) is 14.3.